The zero-order valence-corrected chi connectivity index (χ0v) is 13.8. The molecule has 1 aliphatic rings. The van der Waals surface area contributed by atoms with E-state index < -0.39 is 0 Å². The Morgan fingerprint density at radius 1 is 1.26 bits per heavy atom. The summed E-state index contributed by atoms with van der Waals surface area (Å²) in [7, 11) is 0. The summed E-state index contributed by atoms with van der Waals surface area (Å²) in [5, 5.41) is 0. The van der Waals surface area contributed by atoms with Crippen LogP contribution in [0, 0.1) is 11.7 Å². The fourth-order valence-electron chi connectivity index (χ4n) is 3.11. The second kappa shape index (κ2) is 8.87. The van der Waals surface area contributed by atoms with Crippen LogP contribution in [-0.2, 0) is 9.53 Å². The molecule has 0 bridgehead atoms. The zero-order valence-electron chi connectivity index (χ0n) is 13.8. The summed E-state index contributed by atoms with van der Waals surface area (Å²) in [4.78, 5) is 13.1. The molecule has 0 heterocycles. The van der Waals surface area contributed by atoms with Gasteiger partial charge in [-0.1, -0.05) is 19.8 Å². The van der Waals surface area contributed by atoms with Gasteiger partial charge in [0.25, 0.3) is 0 Å². The van der Waals surface area contributed by atoms with Crippen LogP contribution in [-0.4, -0.2) is 31.7 Å². The number of carbonyl (C=O) groups excluding carboxylic acids is 1. The van der Waals surface area contributed by atoms with E-state index in [-0.39, 0.29) is 18.1 Å². The lowest BCUT2D eigenvalue weighted by molar-refractivity contribution is -0.117. The molecular weight excluding hydrogens is 295 g/mol. The maximum Gasteiger partial charge on any atom is 0.219 e. The van der Waals surface area contributed by atoms with Crippen LogP contribution >= 0.6 is 0 Å². The van der Waals surface area contributed by atoms with Crippen LogP contribution in [0.3, 0.4) is 0 Å². The summed E-state index contributed by atoms with van der Waals surface area (Å²) >= 11 is 0. The van der Waals surface area contributed by atoms with Crippen molar-refractivity contribution in [2.24, 2.45) is 11.7 Å². The van der Waals surface area contributed by atoms with E-state index >= 15 is 0 Å². The number of anilines is 1. The molecule has 1 aromatic carbocycles. The van der Waals surface area contributed by atoms with E-state index in [0.29, 0.717) is 31.7 Å². The number of primary amides is 1. The number of hydrogen-bond donors (Lipinski definition) is 1. The van der Waals surface area contributed by atoms with E-state index in [0.717, 1.165) is 12.1 Å². The van der Waals surface area contributed by atoms with Crippen molar-refractivity contribution >= 4 is 11.6 Å². The first-order valence-electron chi connectivity index (χ1n) is 8.46. The molecule has 1 aliphatic carbocycles. The smallest absolute Gasteiger partial charge is 0.219 e. The third-order valence-corrected chi connectivity index (χ3v) is 4.55. The number of rotatable bonds is 8. The van der Waals surface area contributed by atoms with Gasteiger partial charge >= 0.3 is 0 Å². The zero-order chi connectivity index (χ0) is 16.7. The average Bonchev–Trinajstić information content (AvgIpc) is 2.53. The Kier molecular flexibility index (Phi) is 6.84. The molecule has 1 fully saturated rings. The van der Waals surface area contributed by atoms with Gasteiger partial charge in [-0.25, -0.2) is 4.39 Å². The highest BCUT2D eigenvalue weighted by molar-refractivity contribution is 5.74. The van der Waals surface area contributed by atoms with Gasteiger partial charge in [0.15, 0.2) is 0 Å². The molecule has 2 N–H and O–H groups in total. The minimum Gasteiger partial charge on any atom is -0.376 e. The third-order valence-electron chi connectivity index (χ3n) is 4.55. The summed E-state index contributed by atoms with van der Waals surface area (Å²) in [5.41, 5.74) is 6.13. The van der Waals surface area contributed by atoms with Crippen molar-refractivity contribution in [1.82, 2.24) is 0 Å². The highest BCUT2D eigenvalue weighted by Gasteiger charge is 2.21. The SMILES string of the molecule is CC1CCCCC1OCCN(CCC(N)=O)c1ccc(F)cc1. The van der Waals surface area contributed by atoms with Crippen molar-refractivity contribution in [2.75, 3.05) is 24.6 Å². The average molecular weight is 322 g/mol. The summed E-state index contributed by atoms with van der Waals surface area (Å²) in [5.74, 6) is 0.00320. The molecule has 2 atom stereocenters. The molecule has 1 amide bonds. The van der Waals surface area contributed by atoms with E-state index in [4.69, 9.17) is 10.5 Å². The number of hydrogen-bond acceptors (Lipinski definition) is 3. The minimum atomic E-state index is -0.334. The van der Waals surface area contributed by atoms with Crippen LogP contribution in [0.5, 0.6) is 0 Å². The van der Waals surface area contributed by atoms with Crippen LogP contribution in [0.2, 0.25) is 0 Å². The van der Waals surface area contributed by atoms with Crippen LogP contribution in [0.15, 0.2) is 24.3 Å². The van der Waals surface area contributed by atoms with Gasteiger partial charge in [-0.15, -0.1) is 0 Å². The van der Waals surface area contributed by atoms with E-state index in [9.17, 15) is 9.18 Å². The number of ether oxygens (including phenoxy) is 1. The molecule has 0 saturated heterocycles. The van der Waals surface area contributed by atoms with Crippen LogP contribution < -0.4 is 10.6 Å². The molecule has 0 aromatic heterocycles. The van der Waals surface area contributed by atoms with Gasteiger partial charge in [-0.2, -0.15) is 0 Å². The first-order valence-corrected chi connectivity index (χ1v) is 8.46. The lowest BCUT2D eigenvalue weighted by atomic mass is 9.88. The normalized spacial score (nSPS) is 21.1. The lowest BCUT2D eigenvalue weighted by Gasteiger charge is -2.30. The van der Waals surface area contributed by atoms with Crippen LogP contribution in [0.1, 0.15) is 39.0 Å². The second-order valence-electron chi connectivity index (χ2n) is 6.35. The van der Waals surface area contributed by atoms with Crippen molar-refractivity contribution in [2.45, 2.75) is 45.1 Å². The molecule has 23 heavy (non-hydrogen) atoms. The second-order valence-corrected chi connectivity index (χ2v) is 6.35. The summed E-state index contributed by atoms with van der Waals surface area (Å²) in [6.45, 7) is 4.03. The molecule has 5 heteroatoms. The van der Waals surface area contributed by atoms with Gasteiger partial charge in [0.2, 0.25) is 5.91 Å². The third kappa shape index (κ3) is 5.82. The van der Waals surface area contributed by atoms with E-state index in [2.05, 4.69) is 6.92 Å². The minimum absolute atomic E-state index is 0.268. The molecular formula is C18H27FN2O2. The molecule has 1 saturated carbocycles. The maximum atomic E-state index is 13.1. The van der Waals surface area contributed by atoms with Gasteiger partial charge < -0.3 is 15.4 Å². The highest BCUT2D eigenvalue weighted by Crippen LogP contribution is 2.26. The van der Waals surface area contributed by atoms with E-state index in [1.54, 1.807) is 12.1 Å². The van der Waals surface area contributed by atoms with Gasteiger partial charge in [0.1, 0.15) is 5.82 Å². The Hall–Kier alpha value is -1.62. The highest BCUT2D eigenvalue weighted by atomic mass is 19.1. The predicted molar refractivity (Wildman–Crippen MR) is 89.8 cm³/mol. The first-order chi connectivity index (χ1) is 11.1. The van der Waals surface area contributed by atoms with E-state index in [1.165, 1.54) is 31.4 Å². The topological polar surface area (TPSA) is 55.6 Å². The quantitative estimate of drug-likeness (QED) is 0.800. The summed E-state index contributed by atoms with van der Waals surface area (Å²) < 4.78 is 19.1. The van der Waals surface area contributed by atoms with Gasteiger partial charge in [0, 0.05) is 25.2 Å². The van der Waals surface area contributed by atoms with Crippen molar-refractivity contribution in [3.8, 4) is 0 Å². The maximum absolute atomic E-state index is 13.1. The fraction of sp³-hybridized carbons (Fsp3) is 0.611. The molecule has 0 radical (unpaired) electrons. The Labute approximate surface area is 137 Å². The number of nitrogens with two attached hydrogens (primary N) is 1. The number of halogens is 1. The van der Waals surface area contributed by atoms with Gasteiger partial charge in [-0.05, 0) is 43.0 Å². The van der Waals surface area contributed by atoms with Crippen LogP contribution in [0.4, 0.5) is 10.1 Å². The van der Waals surface area contributed by atoms with Crippen LogP contribution in [0.25, 0.3) is 0 Å². The number of amides is 1. The van der Waals surface area contributed by atoms with Gasteiger partial charge in [-0.3, -0.25) is 4.79 Å². The molecule has 2 rings (SSSR count). The Morgan fingerprint density at radius 2 is 1.96 bits per heavy atom. The van der Waals surface area contributed by atoms with Crippen molar-refractivity contribution in [3.05, 3.63) is 30.1 Å². The molecule has 0 spiro atoms. The monoisotopic (exact) mass is 322 g/mol. The molecule has 0 aliphatic heterocycles. The van der Waals surface area contributed by atoms with Crippen molar-refractivity contribution < 1.29 is 13.9 Å². The number of benzene rings is 1. The standard InChI is InChI=1S/C18H27FN2O2/c1-14-4-2-3-5-17(14)23-13-12-21(11-10-18(20)22)16-8-6-15(19)7-9-16/h6-9,14,17H,2-5,10-13H2,1H3,(H2,20,22). The Bertz CT molecular complexity index is 492. The fourth-order valence-corrected chi connectivity index (χ4v) is 3.11. The lowest BCUT2D eigenvalue weighted by Crippen LogP contribution is -2.34. The Balaban J connectivity index is 1.88. The number of nitrogens with zero attached hydrogens (tertiary/aromatic N) is 1. The Morgan fingerprint density at radius 3 is 2.61 bits per heavy atom. The van der Waals surface area contributed by atoms with Crippen molar-refractivity contribution in [1.29, 1.82) is 0 Å². The summed E-state index contributed by atoms with van der Waals surface area (Å²) in [6, 6.07) is 6.30. The molecule has 4 nitrogen and oxygen atoms in total. The largest absolute Gasteiger partial charge is 0.376 e. The first kappa shape index (κ1) is 17.7. The summed E-state index contributed by atoms with van der Waals surface area (Å²) in [6.07, 6.45) is 5.49. The van der Waals surface area contributed by atoms with Gasteiger partial charge in [0.05, 0.1) is 12.7 Å². The number of carbonyl (C=O) groups is 1. The molecule has 128 valence electrons. The molecule has 1 aromatic rings. The molecule has 2 unspecified atom stereocenters. The van der Waals surface area contributed by atoms with E-state index in [1.807, 2.05) is 4.90 Å². The predicted octanol–water partition coefficient (Wildman–Crippen LogP) is 3.10. The van der Waals surface area contributed by atoms with Crippen molar-refractivity contribution in [3.63, 3.8) is 0 Å².